The maximum Gasteiger partial charge on any atom is 0.257 e. The lowest BCUT2D eigenvalue weighted by atomic mass is 9.89. The number of fused-ring (bicyclic) bond motifs is 2. The van der Waals surface area contributed by atoms with E-state index in [1.807, 2.05) is 25.2 Å². The molecule has 11 nitrogen and oxygen atoms in total. The summed E-state index contributed by atoms with van der Waals surface area (Å²) in [7, 11) is 5.19. The molecule has 1 saturated heterocycles. The highest BCUT2D eigenvalue weighted by Gasteiger charge is 2.33. The van der Waals surface area contributed by atoms with Gasteiger partial charge >= 0.3 is 0 Å². The highest BCUT2D eigenvalue weighted by atomic mass is 16.5. The van der Waals surface area contributed by atoms with Crippen LogP contribution in [-0.4, -0.2) is 82.8 Å². The van der Waals surface area contributed by atoms with Gasteiger partial charge in [0.15, 0.2) is 5.65 Å². The minimum atomic E-state index is -0.204. The van der Waals surface area contributed by atoms with E-state index in [1.54, 1.807) is 31.1 Å². The van der Waals surface area contributed by atoms with Crippen LogP contribution < -0.4 is 10.6 Å². The molecule has 1 aliphatic heterocycles. The molecule has 0 aromatic carbocycles. The van der Waals surface area contributed by atoms with Crippen molar-refractivity contribution in [1.29, 1.82) is 0 Å². The molecule has 5 heterocycles. The number of anilines is 1. The molecule has 2 N–H and O–H groups in total. The van der Waals surface area contributed by atoms with E-state index in [-0.39, 0.29) is 30.2 Å². The molecule has 1 saturated carbocycles. The molecule has 0 spiro atoms. The van der Waals surface area contributed by atoms with E-state index in [0.717, 1.165) is 47.4 Å². The summed E-state index contributed by atoms with van der Waals surface area (Å²) in [6.07, 6.45) is 8.25. The van der Waals surface area contributed by atoms with E-state index in [0.29, 0.717) is 24.4 Å². The second-order valence-electron chi connectivity index (χ2n) is 9.63. The second-order valence-corrected chi connectivity index (χ2v) is 9.63. The number of pyridine rings is 1. The number of methoxy groups -OCH3 is 2. The van der Waals surface area contributed by atoms with Crippen molar-refractivity contribution in [2.45, 2.75) is 43.6 Å². The highest BCUT2D eigenvalue weighted by molar-refractivity contribution is 6.01. The largest absolute Gasteiger partial charge is 0.382 e. The summed E-state index contributed by atoms with van der Waals surface area (Å²) in [6, 6.07) is 6.06. The molecule has 4 aromatic rings. The molecule has 0 radical (unpaired) electrons. The predicted molar refractivity (Wildman–Crippen MR) is 138 cm³/mol. The molecule has 2 fully saturated rings. The van der Waals surface area contributed by atoms with Crippen LogP contribution in [0.4, 0.5) is 5.82 Å². The average Bonchev–Trinajstić information content (AvgIpc) is 3.63. The zero-order valence-corrected chi connectivity index (χ0v) is 21.2. The van der Waals surface area contributed by atoms with Crippen LogP contribution in [0, 0.1) is 0 Å². The van der Waals surface area contributed by atoms with Gasteiger partial charge in [0, 0.05) is 50.7 Å². The van der Waals surface area contributed by atoms with Crippen molar-refractivity contribution in [3.8, 4) is 11.3 Å². The smallest absolute Gasteiger partial charge is 0.257 e. The number of nitrogens with one attached hydrogen (secondary N) is 2. The predicted octanol–water partition coefficient (Wildman–Crippen LogP) is 2.67. The Morgan fingerprint density at radius 2 is 2.16 bits per heavy atom. The first-order valence-electron chi connectivity index (χ1n) is 12.6. The monoisotopic (exact) mass is 505 g/mol. The standard InChI is InChI=1S/C26H31N7O4/c1-27-23-10-21(30-25-18(11-29-33(23)25)26(34)31-20-6-7-22(20)36-3)19-12-32(24-17(19)5-4-8-28-24)15-9-16(14-35-2)37-13-15/h4-5,8,10-12,15-16,20,22,27H,6-7,9,13-14H2,1-3H3,(H,31,34)/t15-,16-,20?,22+/m1/s1. The van der Waals surface area contributed by atoms with Crippen LogP contribution in [0.2, 0.25) is 0 Å². The molecular formula is C26H31N7O4. The topological polar surface area (TPSA) is 117 Å². The number of aromatic nitrogens is 5. The number of ether oxygens (including phenoxy) is 3. The molecule has 0 bridgehead atoms. The van der Waals surface area contributed by atoms with Gasteiger partial charge in [-0.2, -0.15) is 9.61 Å². The number of hydrogen-bond donors (Lipinski definition) is 2. The van der Waals surface area contributed by atoms with Crippen LogP contribution in [0.3, 0.4) is 0 Å². The Bertz CT molecular complexity index is 1450. The fourth-order valence-corrected chi connectivity index (χ4v) is 5.35. The van der Waals surface area contributed by atoms with Gasteiger partial charge in [0.2, 0.25) is 0 Å². The molecule has 6 rings (SSSR count). The van der Waals surface area contributed by atoms with Crippen LogP contribution in [0.25, 0.3) is 27.9 Å². The Hall–Kier alpha value is -3.54. The second kappa shape index (κ2) is 9.73. The van der Waals surface area contributed by atoms with Gasteiger partial charge in [0.05, 0.1) is 49.4 Å². The number of hydrogen-bond acceptors (Lipinski definition) is 8. The quantitative estimate of drug-likeness (QED) is 0.375. The molecule has 11 heteroatoms. The fraction of sp³-hybridized carbons (Fsp3) is 0.462. The summed E-state index contributed by atoms with van der Waals surface area (Å²) >= 11 is 0. The first-order chi connectivity index (χ1) is 18.1. The SMILES string of the molecule is CNc1cc(-c2cn([C@H]3CO[C@@H](COC)C3)c3ncccc23)nc2c(C(=O)NC3CC[C@@H]3OC)cnn12. The summed E-state index contributed by atoms with van der Waals surface area (Å²) in [4.78, 5) is 22.8. The Morgan fingerprint density at radius 3 is 2.92 bits per heavy atom. The van der Waals surface area contributed by atoms with Crippen LogP contribution >= 0.6 is 0 Å². The minimum Gasteiger partial charge on any atom is -0.382 e. The summed E-state index contributed by atoms with van der Waals surface area (Å²) in [5.41, 5.74) is 3.45. The first-order valence-corrected chi connectivity index (χ1v) is 12.6. The number of rotatable bonds is 8. The van der Waals surface area contributed by atoms with E-state index in [9.17, 15) is 4.79 Å². The Kier molecular flexibility index (Phi) is 6.27. The summed E-state index contributed by atoms with van der Waals surface area (Å²) in [5, 5.41) is 11.7. The van der Waals surface area contributed by atoms with E-state index in [1.165, 1.54) is 0 Å². The number of carbonyl (C=O) groups is 1. The average molecular weight is 506 g/mol. The van der Waals surface area contributed by atoms with Crippen LogP contribution in [0.5, 0.6) is 0 Å². The third kappa shape index (κ3) is 4.12. The third-order valence-corrected chi connectivity index (χ3v) is 7.47. The van der Waals surface area contributed by atoms with Gasteiger partial charge in [-0.05, 0) is 31.4 Å². The lowest BCUT2D eigenvalue weighted by Crippen LogP contribution is -2.51. The molecule has 4 aromatic heterocycles. The van der Waals surface area contributed by atoms with Crippen molar-refractivity contribution in [3.05, 3.63) is 42.4 Å². The first kappa shape index (κ1) is 23.8. The lowest BCUT2D eigenvalue weighted by Gasteiger charge is -2.35. The van der Waals surface area contributed by atoms with Gasteiger partial charge in [-0.3, -0.25) is 4.79 Å². The number of carbonyl (C=O) groups excluding carboxylic acids is 1. The van der Waals surface area contributed by atoms with Crippen LogP contribution in [-0.2, 0) is 14.2 Å². The van der Waals surface area contributed by atoms with Crippen molar-refractivity contribution in [2.75, 3.05) is 39.8 Å². The fourth-order valence-electron chi connectivity index (χ4n) is 5.35. The molecule has 4 atom stereocenters. The molecule has 2 aliphatic rings. The molecule has 37 heavy (non-hydrogen) atoms. The summed E-state index contributed by atoms with van der Waals surface area (Å²) in [5.74, 6) is 0.524. The van der Waals surface area contributed by atoms with Crippen molar-refractivity contribution in [2.24, 2.45) is 0 Å². The lowest BCUT2D eigenvalue weighted by molar-refractivity contribution is 0.00732. The minimum absolute atomic E-state index is 0.000909. The van der Waals surface area contributed by atoms with E-state index in [2.05, 4.69) is 31.5 Å². The van der Waals surface area contributed by atoms with E-state index < -0.39 is 0 Å². The maximum absolute atomic E-state index is 13.2. The molecule has 194 valence electrons. The van der Waals surface area contributed by atoms with Gasteiger partial charge in [0.1, 0.15) is 17.0 Å². The highest BCUT2D eigenvalue weighted by Crippen LogP contribution is 2.35. The molecule has 1 aliphatic carbocycles. The summed E-state index contributed by atoms with van der Waals surface area (Å²) in [6.45, 7) is 1.16. The number of nitrogens with zero attached hydrogens (tertiary/aromatic N) is 5. The molecular weight excluding hydrogens is 474 g/mol. The Morgan fingerprint density at radius 1 is 1.27 bits per heavy atom. The van der Waals surface area contributed by atoms with Gasteiger partial charge in [-0.15, -0.1) is 0 Å². The van der Waals surface area contributed by atoms with Gasteiger partial charge in [-0.1, -0.05) is 0 Å². The van der Waals surface area contributed by atoms with Crippen molar-refractivity contribution in [1.82, 2.24) is 29.5 Å². The van der Waals surface area contributed by atoms with E-state index >= 15 is 0 Å². The van der Waals surface area contributed by atoms with E-state index in [4.69, 9.17) is 19.2 Å². The van der Waals surface area contributed by atoms with Crippen molar-refractivity contribution in [3.63, 3.8) is 0 Å². The third-order valence-electron chi connectivity index (χ3n) is 7.47. The normalized spacial score (nSPS) is 23.4. The summed E-state index contributed by atoms with van der Waals surface area (Å²) < 4.78 is 20.5. The van der Waals surface area contributed by atoms with Crippen LogP contribution in [0.1, 0.15) is 35.7 Å². The van der Waals surface area contributed by atoms with Crippen molar-refractivity contribution >= 4 is 28.4 Å². The van der Waals surface area contributed by atoms with Crippen molar-refractivity contribution < 1.29 is 19.0 Å². The van der Waals surface area contributed by atoms with Gasteiger partial charge < -0.3 is 29.4 Å². The van der Waals surface area contributed by atoms with Gasteiger partial charge in [-0.25, -0.2) is 9.97 Å². The molecule has 1 unspecified atom stereocenters. The Balaban J connectivity index is 1.41. The molecule has 1 amide bonds. The Labute approximate surface area is 214 Å². The zero-order chi connectivity index (χ0) is 25.5. The maximum atomic E-state index is 13.2. The zero-order valence-electron chi connectivity index (χ0n) is 21.2. The number of amides is 1. The van der Waals surface area contributed by atoms with Gasteiger partial charge in [0.25, 0.3) is 5.91 Å². The van der Waals surface area contributed by atoms with Crippen LogP contribution in [0.15, 0.2) is 36.8 Å².